The fourth-order valence-corrected chi connectivity index (χ4v) is 3.18. The topological polar surface area (TPSA) is 6.48 Å². The van der Waals surface area contributed by atoms with Crippen molar-refractivity contribution in [1.29, 1.82) is 0 Å². The van der Waals surface area contributed by atoms with Crippen molar-refractivity contribution in [1.82, 2.24) is 10.0 Å². The molecule has 0 N–H and O–H groups in total. The smallest absolute Gasteiger partial charge is 0.0245 e. The molecule has 0 bridgehead atoms. The lowest BCUT2D eigenvalue weighted by Gasteiger charge is -2.40. The highest BCUT2D eigenvalue weighted by molar-refractivity contribution is 4.85. The maximum Gasteiger partial charge on any atom is 0.0245 e. The van der Waals surface area contributed by atoms with Crippen molar-refractivity contribution in [2.45, 2.75) is 45.1 Å². The lowest BCUT2D eigenvalue weighted by Crippen LogP contribution is -2.48. The van der Waals surface area contributed by atoms with Gasteiger partial charge in [-0.1, -0.05) is 13.0 Å². The Balaban J connectivity index is 1.82. The summed E-state index contributed by atoms with van der Waals surface area (Å²) in [5.41, 5.74) is 0. The van der Waals surface area contributed by atoms with E-state index in [1.165, 1.54) is 45.2 Å². The van der Waals surface area contributed by atoms with Gasteiger partial charge in [0.25, 0.3) is 0 Å². The number of nitrogens with zero attached hydrogens (tertiary/aromatic N) is 2. The molecule has 2 nitrogen and oxygen atoms in total. The number of piperidine rings is 1. The molecule has 1 aliphatic heterocycles. The van der Waals surface area contributed by atoms with Crippen molar-refractivity contribution in [3.8, 4) is 0 Å². The van der Waals surface area contributed by atoms with Crippen molar-refractivity contribution in [3.63, 3.8) is 0 Å². The van der Waals surface area contributed by atoms with E-state index in [4.69, 9.17) is 0 Å². The summed E-state index contributed by atoms with van der Waals surface area (Å²) in [7, 11) is 2.29. The van der Waals surface area contributed by atoms with Crippen molar-refractivity contribution in [2.24, 2.45) is 11.8 Å². The first-order valence-electron chi connectivity index (χ1n) is 6.81. The fourth-order valence-electron chi connectivity index (χ4n) is 3.18. The van der Waals surface area contributed by atoms with E-state index in [0.717, 1.165) is 17.9 Å². The molecule has 0 spiro atoms. The molecule has 2 fully saturated rings. The minimum absolute atomic E-state index is 0.757. The first-order chi connectivity index (χ1) is 7.70. The molecule has 1 saturated heterocycles. The van der Waals surface area contributed by atoms with Gasteiger partial charge in [0.05, 0.1) is 0 Å². The molecule has 2 aliphatic rings. The Labute approximate surface area is 100 Å². The van der Waals surface area contributed by atoms with E-state index in [2.05, 4.69) is 36.6 Å². The van der Waals surface area contributed by atoms with Crippen LogP contribution in [0.3, 0.4) is 0 Å². The fraction of sp³-hybridized carbons (Fsp3) is 0.857. The Morgan fingerprint density at radius 2 is 1.88 bits per heavy atom. The summed E-state index contributed by atoms with van der Waals surface area (Å²) in [6.45, 7) is 8.74. The van der Waals surface area contributed by atoms with E-state index < -0.39 is 0 Å². The summed E-state index contributed by atoms with van der Waals surface area (Å²) in [5.74, 6) is 1.69. The van der Waals surface area contributed by atoms with E-state index in [1.807, 2.05) is 0 Å². The van der Waals surface area contributed by atoms with Gasteiger partial charge in [-0.3, -0.25) is 0 Å². The van der Waals surface area contributed by atoms with Crippen LogP contribution in [-0.2, 0) is 0 Å². The maximum absolute atomic E-state index is 3.91. The van der Waals surface area contributed by atoms with Crippen molar-refractivity contribution in [3.05, 3.63) is 12.7 Å². The SMILES string of the molecule is C=CC1CCN(N(C)C2CCC(C)C2)CC1. The Kier molecular flexibility index (Phi) is 4.04. The molecule has 0 radical (unpaired) electrons. The number of allylic oxidation sites excluding steroid dienone is 1. The predicted molar refractivity (Wildman–Crippen MR) is 69.1 cm³/mol. The van der Waals surface area contributed by atoms with Gasteiger partial charge in [-0.05, 0) is 43.9 Å². The maximum atomic E-state index is 3.91. The van der Waals surface area contributed by atoms with E-state index in [9.17, 15) is 0 Å². The van der Waals surface area contributed by atoms with Crippen LogP contribution in [0.15, 0.2) is 12.7 Å². The molecule has 0 aromatic rings. The van der Waals surface area contributed by atoms with Gasteiger partial charge in [0.1, 0.15) is 0 Å². The summed E-state index contributed by atoms with van der Waals surface area (Å²) in [5, 5.41) is 5.09. The van der Waals surface area contributed by atoms with Gasteiger partial charge in [-0.2, -0.15) is 0 Å². The van der Waals surface area contributed by atoms with Crippen LogP contribution in [0.25, 0.3) is 0 Å². The highest BCUT2D eigenvalue weighted by Crippen LogP contribution is 2.30. The molecular weight excluding hydrogens is 196 g/mol. The molecule has 1 saturated carbocycles. The predicted octanol–water partition coefficient (Wildman–Crippen LogP) is 2.92. The third kappa shape index (κ3) is 2.67. The molecule has 1 aliphatic carbocycles. The minimum Gasteiger partial charge on any atom is -0.242 e. The molecular formula is C14H26N2. The molecule has 2 atom stereocenters. The van der Waals surface area contributed by atoms with Gasteiger partial charge in [-0.15, -0.1) is 6.58 Å². The van der Waals surface area contributed by atoms with Gasteiger partial charge < -0.3 is 0 Å². The van der Waals surface area contributed by atoms with Crippen LogP contribution in [0.1, 0.15) is 39.0 Å². The van der Waals surface area contributed by atoms with Crippen LogP contribution < -0.4 is 0 Å². The summed E-state index contributed by atoms with van der Waals surface area (Å²) in [6.07, 6.45) is 8.90. The third-order valence-electron chi connectivity index (χ3n) is 4.49. The monoisotopic (exact) mass is 222 g/mol. The second-order valence-electron chi connectivity index (χ2n) is 5.67. The van der Waals surface area contributed by atoms with Crippen LogP contribution in [0, 0.1) is 11.8 Å². The number of rotatable bonds is 3. The van der Waals surface area contributed by atoms with Gasteiger partial charge in [0.15, 0.2) is 0 Å². The van der Waals surface area contributed by atoms with Crippen LogP contribution >= 0.6 is 0 Å². The molecule has 1 heterocycles. The van der Waals surface area contributed by atoms with Crippen LogP contribution in [0.4, 0.5) is 0 Å². The molecule has 2 heteroatoms. The molecule has 0 aromatic carbocycles. The number of hydrogen-bond acceptors (Lipinski definition) is 2. The quantitative estimate of drug-likeness (QED) is 0.677. The summed E-state index contributed by atoms with van der Waals surface area (Å²) < 4.78 is 0. The molecule has 2 unspecified atom stereocenters. The lowest BCUT2D eigenvalue weighted by atomic mass is 9.98. The van der Waals surface area contributed by atoms with Gasteiger partial charge in [0, 0.05) is 26.2 Å². The first kappa shape index (κ1) is 12.1. The van der Waals surface area contributed by atoms with Crippen molar-refractivity contribution >= 4 is 0 Å². The molecule has 2 rings (SSSR count). The van der Waals surface area contributed by atoms with Gasteiger partial charge >= 0.3 is 0 Å². The Bertz CT molecular complexity index is 231. The second kappa shape index (κ2) is 5.33. The summed E-state index contributed by atoms with van der Waals surface area (Å²) in [6, 6.07) is 0.801. The lowest BCUT2D eigenvalue weighted by molar-refractivity contribution is -0.0550. The molecule has 16 heavy (non-hydrogen) atoms. The number of hydrazine groups is 1. The second-order valence-corrected chi connectivity index (χ2v) is 5.67. The molecule has 92 valence electrons. The first-order valence-corrected chi connectivity index (χ1v) is 6.81. The van der Waals surface area contributed by atoms with Crippen LogP contribution in [-0.4, -0.2) is 36.2 Å². The zero-order valence-electron chi connectivity index (χ0n) is 10.9. The minimum atomic E-state index is 0.757. The average Bonchev–Trinajstić information content (AvgIpc) is 2.75. The highest BCUT2D eigenvalue weighted by atomic mass is 15.6. The summed E-state index contributed by atoms with van der Waals surface area (Å²) in [4.78, 5) is 0. The van der Waals surface area contributed by atoms with E-state index in [-0.39, 0.29) is 0 Å². The zero-order chi connectivity index (χ0) is 11.5. The molecule has 0 aromatic heterocycles. The standard InChI is InChI=1S/C14H26N2/c1-4-13-7-9-16(10-8-13)15(3)14-6-5-12(2)11-14/h4,12-14H,1,5-11H2,2-3H3. The zero-order valence-corrected chi connectivity index (χ0v) is 10.9. The Morgan fingerprint density at radius 1 is 1.19 bits per heavy atom. The normalized spacial score (nSPS) is 33.4. The highest BCUT2D eigenvalue weighted by Gasteiger charge is 2.29. The van der Waals surface area contributed by atoms with E-state index in [1.54, 1.807) is 0 Å². The largest absolute Gasteiger partial charge is 0.242 e. The van der Waals surface area contributed by atoms with Crippen LogP contribution in [0.2, 0.25) is 0 Å². The van der Waals surface area contributed by atoms with E-state index in [0.29, 0.717) is 0 Å². The summed E-state index contributed by atoms with van der Waals surface area (Å²) >= 11 is 0. The van der Waals surface area contributed by atoms with E-state index >= 15 is 0 Å². The van der Waals surface area contributed by atoms with Crippen molar-refractivity contribution < 1.29 is 0 Å². The number of hydrogen-bond donors (Lipinski definition) is 0. The van der Waals surface area contributed by atoms with Gasteiger partial charge in [0.2, 0.25) is 0 Å². The Hall–Kier alpha value is -0.340. The van der Waals surface area contributed by atoms with Crippen LogP contribution in [0.5, 0.6) is 0 Å². The average molecular weight is 222 g/mol. The third-order valence-corrected chi connectivity index (χ3v) is 4.49. The Morgan fingerprint density at radius 3 is 2.38 bits per heavy atom. The van der Waals surface area contributed by atoms with Crippen molar-refractivity contribution in [2.75, 3.05) is 20.1 Å². The van der Waals surface area contributed by atoms with Gasteiger partial charge in [-0.25, -0.2) is 10.0 Å². The molecule has 0 amide bonds.